The van der Waals surface area contributed by atoms with Crippen molar-refractivity contribution in [3.63, 3.8) is 0 Å². The molecule has 2 N–H and O–H groups in total. The summed E-state index contributed by atoms with van der Waals surface area (Å²) in [5.41, 5.74) is 6.38. The first-order valence-electron chi connectivity index (χ1n) is 5.54. The number of anilines is 1. The van der Waals surface area contributed by atoms with Crippen LogP contribution in [0.5, 0.6) is 0 Å². The smallest absolute Gasteiger partial charge is 0.414 e. The highest BCUT2D eigenvalue weighted by molar-refractivity contribution is 5.90. The van der Waals surface area contributed by atoms with Crippen LogP contribution in [0.3, 0.4) is 0 Å². The van der Waals surface area contributed by atoms with Crippen molar-refractivity contribution in [3.05, 3.63) is 30.3 Å². The summed E-state index contributed by atoms with van der Waals surface area (Å²) in [6, 6.07) is 9.73. The van der Waals surface area contributed by atoms with E-state index in [1.54, 1.807) is 4.90 Å². The highest BCUT2D eigenvalue weighted by Gasteiger charge is 2.33. The molecular formula is C12H16N2O2. The molecule has 1 aromatic rings. The lowest BCUT2D eigenvalue weighted by Gasteiger charge is -2.20. The van der Waals surface area contributed by atoms with E-state index < -0.39 is 0 Å². The van der Waals surface area contributed by atoms with Crippen molar-refractivity contribution in [1.29, 1.82) is 0 Å². The monoisotopic (exact) mass is 220 g/mol. The van der Waals surface area contributed by atoms with Gasteiger partial charge in [-0.2, -0.15) is 0 Å². The highest BCUT2D eigenvalue weighted by atomic mass is 16.6. The Kier molecular flexibility index (Phi) is 3.41. The number of carbonyl (C=O) groups is 1. The van der Waals surface area contributed by atoms with Crippen LogP contribution in [0.25, 0.3) is 0 Å². The quantitative estimate of drug-likeness (QED) is 0.841. The number of carbonyl (C=O) groups excluding carboxylic acids is 1. The van der Waals surface area contributed by atoms with Gasteiger partial charge in [0.15, 0.2) is 0 Å². The molecule has 1 fully saturated rings. The lowest BCUT2D eigenvalue weighted by molar-refractivity contribution is 0.178. The summed E-state index contributed by atoms with van der Waals surface area (Å²) in [4.78, 5) is 13.3. The zero-order valence-electron chi connectivity index (χ0n) is 9.13. The molecule has 86 valence electrons. The number of amides is 1. The van der Waals surface area contributed by atoms with Gasteiger partial charge in [0.2, 0.25) is 0 Å². The maximum atomic E-state index is 11.6. The second kappa shape index (κ2) is 4.99. The van der Waals surface area contributed by atoms with Crippen LogP contribution in [-0.2, 0) is 4.74 Å². The fourth-order valence-electron chi connectivity index (χ4n) is 1.93. The highest BCUT2D eigenvalue weighted by Crippen LogP contribution is 2.24. The minimum atomic E-state index is -0.256. The van der Waals surface area contributed by atoms with Crippen molar-refractivity contribution in [1.82, 2.24) is 0 Å². The van der Waals surface area contributed by atoms with Crippen LogP contribution < -0.4 is 10.6 Å². The Morgan fingerprint density at radius 1 is 1.38 bits per heavy atom. The summed E-state index contributed by atoms with van der Waals surface area (Å²) in [6.45, 7) is 1.11. The molecule has 16 heavy (non-hydrogen) atoms. The average Bonchev–Trinajstić information content (AvgIpc) is 2.69. The molecule has 0 bridgehead atoms. The number of cyclic esters (lactones) is 1. The molecule has 1 aliphatic heterocycles. The molecule has 1 aliphatic rings. The third-order valence-electron chi connectivity index (χ3n) is 2.74. The van der Waals surface area contributed by atoms with E-state index in [1.165, 1.54) is 0 Å². The first-order chi connectivity index (χ1) is 7.83. The Balaban J connectivity index is 2.13. The second-order valence-corrected chi connectivity index (χ2v) is 3.87. The van der Waals surface area contributed by atoms with Gasteiger partial charge in [0.05, 0.1) is 6.04 Å². The molecule has 0 saturated carbocycles. The molecule has 4 heteroatoms. The molecule has 1 saturated heterocycles. The summed E-state index contributed by atoms with van der Waals surface area (Å²) in [5, 5.41) is 0. The molecule has 2 rings (SSSR count). The third-order valence-corrected chi connectivity index (χ3v) is 2.74. The lowest BCUT2D eigenvalue weighted by Crippen LogP contribution is -2.33. The maximum Gasteiger partial charge on any atom is 0.414 e. The van der Waals surface area contributed by atoms with Crippen LogP contribution in [0.4, 0.5) is 10.5 Å². The van der Waals surface area contributed by atoms with Gasteiger partial charge in [-0.05, 0) is 31.5 Å². The predicted octanol–water partition coefficient (Wildman–Crippen LogP) is 1.75. The number of benzene rings is 1. The van der Waals surface area contributed by atoms with Crippen LogP contribution >= 0.6 is 0 Å². The molecule has 0 radical (unpaired) electrons. The first-order valence-corrected chi connectivity index (χ1v) is 5.54. The van der Waals surface area contributed by atoms with Gasteiger partial charge >= 0.3 is 6.09 Å². The minimum Gasteiger partial charge on any atom is -0.447 e. The Hall–Kier alpha value is -1.55. The Morgan fingerprint density at radius 3 is 2.81 bits per heavy atom. The molecule has 1 heterocycles. The third kappa shape index (κ3) is 2.17. The molecule has 0 aliphatic carbocycles. The number of para-hydroxylation sites is 1. The van der Waals surface area contributed by atoms with E-state index in [9.17, 15) is 4.79 Å². The molecular weight excluding hydrogens is 204 g/mol. The van der Waals surface area contributed by atoms with Crippen molar-refractivity contribution in [2.24, 2.45) is 5.73 Å². The van der Waals surface area contributed by atoms with Crippen molar-refractivity contribution in [2.75, 3.05) is 18.1 Å². The van der Waals surface area contributed by atoms with Gasteiger partial charge in [-0.25, -0.2) is 4.79 Å². The summed E-state index contributed by atoms with van der Waals surface area (Å²) in [6.07, 6.45) is 1.54. The van der Waals surface area contributed by atoms with Crippen molar-refractivity contribution >= 4 is 11.8 Å². The van der Waals surface area contributed by atoms with Crippen molar-refractivity contribution in [3.8, 4) is 0 Å². The SMILES string of the molecule is NCCCC1COC(=O)N1c1ccccc1. The van der Waals surface area contributed by atoms with Gasteiger partial charge < -0.3 is 10.5 Å². The molecule has 4 nitrogen and oxygen atoms in total. The van der Waals surface area contributed by atoms with E-state index >= 15 is 0 Å². The largest absolute Gasteiger partial charge is 0.447 e. The van der Waals surface area contributed by atoms with Crippen LogP contribution in [0.2, 0.25) is 0 Å². The van der Waals surface area contributed by atoms with E-state index in [1.807, 2.05) is 30.3 Å². The topological polar surface area (TPSA) is 55.6 Å². The fraction of sp³-hybridized carbons (Fsp3) is 0.417. The number of hydrogen-bond acceptors (Lipinski definition) is 3. The van der Waals surface area contributed by atoms with Crippen LogP contribution in [0.15, 0.2) is 30.3 Å². The van der Waals surface area contributed by atoms with Crippen LogP contribution in [-0.4, -0.2) is 25.3 Å². The van der Waals surface area contributed by atoms with Gasteiger partial charge in [-0.1, -0.05) is 18.2 Å². The second-order valence-electron chi connectivity index (χ2n) is 3.87. The van der Waals surface area contributed by atoms with Gasteiger partial charge in [-0.15, -0.1) is 0 Å². The zero-order valence-corrected chi connectivity index (χ0v) is 9.13. The van der Waals surface area contributed by atoms with E-state index in [-0.39, 0.29) is 12.1 Å². The maximum absolute atomic E-state index is 11.6. The summed E-state index contributed by atoms with van der Waals surface area (Å²) < 4.78 is 5.08. The number of ether oxygens (including phenoxy) is 1. The molecule has 1 atom stereocenters. The van der Waals surface area contributed by atoms with Crippen LogP contribution in [0.1, 0.15) is 12.8 Å². The van der Waals surface area contributed by atoms with Gasteiger partial charge in [-0.3, -0.25) is 4.90 Å². The Bertz CT molecular complexity index is 353. The predicted molar refractivity (Wildman–Crippen MR) is 62.3 cm³/mol. The lowest BCUT2D eigenvalue weighted by atomic mass is 10.1. The summed E-state index contributed by atoms with van der Waals surface area (Å²) >= 11 is 0. The fourth-order valence-corrected chi connectivity index (χ4v) is 1.93. The Labute approximate surface area is 95.0 Å². The van der Waals surface area contributed by atoms with Crippen LogP contribution in [0, 0.1) is 0 Å². The van der Waals surface area contributed by atoms with E-state index in [2.05, 4.69) is 0 Å². The normalized spacial score (nSPS) is 19.9. The number of rotatable bonds is 4. The van der Waals surface area contributed by atoms with Gasteiger partial charge in [0.1, 0.15) is 6.61 Å². The van der Waals surface area contributed by atoms with Gasteiger partial charge in [0, 0.05) is 5.69 Å². The zero-order chi connectivity index (χ0) is 11.4. The van der Waals surface area contributed by atoms with E-state index in [0.29, 0.717) is 13.2 Å². The van der Waals surface area contributed by atoms with Gasteiger partial charge in [0.25, 0.3) is 0 Å². The molecule has 1 amide bonds. The molecule has 1 aromatic carbocycles. The number of nitrogens with two attached hydrogens (primary N) is 1. The number of nitrogens with zero attached hydrogens (tertiary/aromatic N) is 1. The van der Waals surface area contributed by atoms with Crippen molar-refractivity contribution in [2.45, 2.75) is 18.9 Å². The van der Waals surface area contributed by atoms with E-state index in [0.717, 1.165) is 18.5 Å². The summed E-state index contributed by atoms with van der Waals surface area (Å²) in [5.74, 6) is 0. The molecule has 0 aromatic heterocycles. The molecule has 0 spiro atoms. The van der Waals surface area contributed by atoms with E-state index in [4.69, 9.17) is 10.5 Å². The standard InChI is InChI=1S/C12H16N2O2/c13-8-4-7-11-9-16-12(15)14(11)10-5-2-1-3-6-10/h1-3,5-6,11H,4,7-9,13H2. The average molecular weight is 220 g/mol. The molecule has 1 unspecified atom stereocenters. The Morgan fingerprint density at radius 2 is 2.12 bits per heavy atom. The summed E-state index contributed by atoms with van der Waals surface area (Å²) in [7, 11) is 0. The van der Waals surface area contributed by atoms with Crippen molar-refractivity contribution < 1.29 is 9.53 Å². The minimum absolute atomic E-state index is 0.124. The number of hydrogen-bond donors (Lipinski definition) is 1. The first kappa shape index (κ1) is 11.0.